The van der Waals surface area contributed by atoms with Crippen LogP contribution in [0.25, 0.3) is 5.65 Å². The summed E-state index contributed by atoms with van der Waals surface area (Å²) in [6.07, 6.45) is 4.95. The second kappa shape index (κ2) is 5.91. The number of nitrogens with one attached hydrogen (secondary N) is 1. The molecule has 8 heteroatoms. The standard InChI is InChI=1S/C14H9BrN6O/c15-9-6-17-13-11(7-18-21(13)8-9)14(22)20-12-3-1-2-10(19-12)4-5-16/h1-3,6-8H,4H2,(H,19,20,22). The molecule has 0 aliphatic rings. The number of halogens is 1. The van der Waals surface area contributed by atoms with Crippen LogP contribution in [0.1, 0.15) is 16.1 Å². The molecule has 3 rings (SSSR count). The molecule has 0 bridgehead atoms. The van der Waals surface area contributed by atoms with Crippen molar-refractivity contribution in [3.05, 3.63) is 52.5 Å². The third kappa shape index (κ3) is 2.80. The average Bonchev–Trinajstić information content (AvgIpc) is 2.91. The molecule has 108 valence electrons. The monoisotopic (exact) mass is 356 g/mol. The predicted octanol–water partition coefficient (Wildman–Crippen LogP) is 2.21. The van der Waals surface area contributed by atoms with Gasteiger partial charge in [0.2, 0.25) is 0 Å². The van der Waals surface area contributed by atoms with Gasteiger partial charge in [-0.1, -0.05) is 6.07 Å². The maximum Gasteiger partial charge on any atom is 0.262 e. The van der Waals surface area contributed by atoms with E-state index in [1.807, 2.05) is 6.07 Å². The number of nitrogens with zero attached hydrogens (tertiary/aromatic N) is 5. The van der Waals surface area contributed by atoms with Gasteiger partial charge in [0.05, 0.1) is 28.9 Å². The summed E-state index contributed by atoms with van der Waals surface area (Å²) in [6, 6.07) is 7.15. The van der Waals surface area contributed by atoms with Crippen LogP contribution >= 0.6 is 15.9 Å². The summed E-state index contributed by atoms with van der Waals surface area (Å²) in [4.78, 5) is 20.7. The molecule has 1 N–H and O–H groups in total. The number of rotatable bonds is 3. The summed E-state index contributed by atoms with van der Waals surface area (Å²) < 4.78 is 2.28. The molecule has 0 saturated carbocycles. The van der Waals surface area contributed by atoms with Crippen LogP contribution < -0.4 is 5.32 Å². The Balaban J connectivity index is 1.87. The van der Waals surface area contributed by atoms with Gasteiger partial charge in [-0.3, -0.25) is 4.79 Å². The fraction of sp³-hybridized carbons (Fsp3) is 0.0714. The molecule has 0 aliphatic heterocycles. The molecule has 0 atom stereocenters. The molecule has 0 fully saturated rings. The smallest absolute Gasteiger partial charge is 0.262 e. The molecule has 3 aromatic heterocycles. The number of carbonyl (C=O) groups is 1. The summed E-state index contributed by atoms with van der Waals surface area (Å²) in [5.74, 6) is 0.0284. The molecule has 0 aromatic carbocycles. The number of aromatic nitrogens is 4. The van der Waals surface area contributed by atoms with Crippen LogP contribution in [-0.4, -0.2) is 25.5 Å². The zero-order chi connectivity index (χ0) is 15.5. The highest BCUT2D eigenvalue weighted by Crippen LogP contribution is 2.14. The Hall–Kier alpha value is -2.79. The lowest BCUT2D eigenvalue weighted by Gasteiger charge is -2.04. The van der Waals surface area contributed by atoms with Crippen molar-refractivity contribution in [2.75, 3.05) is 5.32 Å². The largest absolute Gasteiger partial charge is 0.306 e. The van der Waals surface area contributed by atoms with Crippen molar-refractivity contribution in [3.63, 3.8) is 0 Å². The van der Waals surface area contributed by atoms with Gasteiger partial charge in [0.25, 0.3) is 5.91 Å². The Bertz CT molecular complexity index is 898. The number of anilines is 1. The van der Waals surface area contributed by atoms with Gasteiger partial charge < -0.3 is 5.32 Å². The topological polar surface area (TPSA) is 96.0 Å². The second-order valence-corrected chi connectivity index (χ2v) is 5.32. The number of amides is 1. The summed E-state index contributed by atoms with van der Waals surface area (Å²) in [5, 5.41) is 15.5. The fourth-order valence-electron chi connectivity index (χ4n) is 1.92. The van der Waals surface area contributed by atoms with Crippen molar-refractivity contribution in [1.29, 1.82) is 5.26 Å². The van der Waals surface area contributed by atoms with Crippen molar-refractivity contribution in [2.24, 2.45) is 0 Å². The molecule has 0 spiro atoms. The average molecular weight is 357 g/mol. The Morgan fingerprint density at radius 2 is 2.27 bits per heavy atom. The highest BCUT2D eigenvalue weighted by atomic mass is 79.9. The van der Waals surface area contributed by atoms with Crippen LogP contribution in [0.15, 0.2) is 41.3 Å². The van der Waals surface area contributed by atoms with Gasteiger partial charge in [-0.2, -0.15) is 10.4 Å². The highest BCUT2D eigenvalue weighted by Gasteiger charge is 2.14. The summed E-state index contributed by atoms with van der Waals surface area (Å²) in [7, 11) is 0. The lowest BCUT2D eigenvalue weighted by atomic mass is 10.3. The minimum Gasteiger partial charge on any atom is -0.306 e. The molecule has 0 radical (unpaired) electrons. The molecule has 0 aliphatic carbocycles. The zero-order valence-corrected chi connectivity index (χ0v) is 12.8. The van der Waals surface area contributed by atoms with E-state index in [-0.39, 0.29) is 12.3 Å². The second-order valence-electron chi connectivity index (χ2n) is 4.40. The van der Waals surface area contributed by atoms with E-state index in [4.69, 9.17) is 5.26 Å². The maximum absolute atomic E-state index is 12.3. The van der Waals surface area contributed by atoms with Gasteiger partial charge in [0.1, 0.15) is 11.4 Å². The first-order valence-electron chi connectivity index (χ1n) is 6.30. The Morgan fingerprint density at radius 1 is 1.41 bits per heavy atom. The Morgan fingerprint density at radius 3 is 3.09 bits per heavy atom. The number of pyridine rings is 1. The number of hydrogen-bond donors (Lipinski definition) is 1. The van der Waals surface area contributed by atoms with Gasteiger partial charge in [0, 0.05) is 12.4 Å². The molecule has 0 saturated heterocycles. The van der Waals surface area contributed by atoms with Crippen LogP contribution in [-0.2, 0) is 6.42 Å². The minimum absolute atomic E-state index is 0.190. The molecule has 0 unspecified atom stereocenters. The van der Waals surface area contributed by atoms with Gasteiger partial charge in [-0.05, 0) is 28.1 Å². The normalized spacial score (nSPS) is 10.4. The zero-order valence-electron chi connectivity index (χ0n) is 11.2. The molecular formula is C14H9BrN6O. The van der Waals surface area contributed by atoms with Crippen molar-refractivity contribution >= 4 is 33.3 Å². The SMILES string of the molecule is N#CCc1cccc(NC(=O)c2cnn3cc(Br)cnc23)n1. The number of carbonyl (C=O) groups excluding carboxylic acids is 1. The fourth-order valence-corrected chi connectivity index (χ4v) is 2.22. The lowest BCUT2D eigenvalue weighted by molar-refractivity contribution is 0.102. The molecule has 22 heavy (non-hydrogen) atoms. The van der Waals surface area contributed by atoms with Crippen molar-refractivity contribution in [1.82, 2.24) is 19.6 Å². The van der Waals surface area contributed by atoms with E-state index >= 15 is 0 Å². The molecule has 3 aromatic rings. The highest BCUT2D eigenvalue weighted by molar-refractivity contribution is 9.10. The van der Waals surface area contributed by atoms with Crippen molar-refractivity contribution in [2.45, 2.75) is 6.42 Å². The Kier molecular flexibility index (Phi) is 3.80. The third-order valence-electron chi connectivity index (χ3n) is 2.88. The van der Waals surface area contributed by atoms with Crippen LogP contribution in [0.3, 0.4) is 0 Å². The molecule has 1 amide bonds. The maximum atomic E-state index is 12.3. The Labute approximate surface area is 133 Å². The van der Waals surface area contributed by atoms with Gasteiger partial charge in [0.15, 0.2) is 5.65 Å². The summed E-state index contributed by atoms with van der Waals surface area (Å²) in [6.45, 7) is 0. The van der Waals surface area contributed by atoms with E-state index in [0.29, 0.717) is 22.7 Å². The van der Waals surface area contributed by atoms with Crippen LogP contribution in [0.4, 0.5) is 5.82 Å². The van der Waals surface area contributed by atoms with Crippen molar-refractivity contribution in [3.8, 4) is 6.07 Å². The van der Waals surface area contributed by atoms with Crippen molar-refractivity contribution < 1.29 is 4.79 Å². The number of nitriles is 1. The van der Waals surface area contributed by atoms with Crippen LogP contribution in [0, 0.1) is 11.3 Å². The first-order valence-corrected chi connectivity index (χ1v) is 7.10. The van der Waals surface area contributed by atoms with Crippen LogP contribution in [0.2, 0.25) is 0 Å². The molecule has 7 nitrogen and oxygen atoms in total. The van der Waals surface area contributed by atoms with E-state index in [9.17, 15) is 4.79 Å². The first-order chi connectivity index (χ1) is 10.7. The summed E-state index contributed by atoms with van der Waals surface area (Å²) in [5.41, 5.74) is 1.40. The van der Waals surface area contributed by atoms with Gasteiger partial charge in [-0.15, -0.1) is 0 Å². The first kappa shape index (κ1) is 14.2. The van der Waals surface area contributed by atoms with E-state index < -0.39 is 0 Å². The van der Waals surface area contributed by atoms with Gasteiger partial charge >= 0.3 is 0 Å². The van der Waals surface area contributed by atoms with E-state index in [1.165, 1.54) is 10.7 Å². The van der Waals surface area contributed by atoms with Crippen LogP contribution in [0.5, 0.6) is 0 Å². The number of hydrogen-bond acceptors (Lipinski definition) is 5. The van der Waals surface area contributed by atoms with E-state index in [0.717, 1.165) is 4.47 Å². The van der Waals surface area contributed by atoms with E-state index in [1.54, 1.807) is 30.6 Å². The molecule has 3 heterocycles. The molecular weight excluding hydrogens is 348 g/mol. The van der Waals surface area contributed by atoms with E-state index in [2.05, 4.69) is 36.3 Å². The summed E-state index contributed by atoms with van der Waals surface area (Å²) >= 11 is 3.29. The predicted molar refractivity (Wildman–Crippen MR) is 82.2 cm³/mol. The third-order valence-corrected chi connectivity index (χ3v) is 3.29. The lowest BCUT2D eigenvalue weighted by Crippen LogP contribution is -2.13. The van der Waals surface area contributed by atoms with Gasteiger partial charge in [-0.25, -0.2) is 14.5 Å². The quantitative estimate of drug-likeness (QED) is 0.775. The minimum atomic E-state index is -0.355. The number of fused-ring (bicyclic) bond motifs is 1.